The van der Waals surface area contributed by atoms with Crippen molar-refractivity contribution in [3.63, 3.8) is 0 Å². The van der Waals surface area contributed by atoms with Crippen LogP contribution in [0.4, 0.5) is 51.2 Å². The number of thiophene rings is 1. The van der Waals surface area contributed by atoms with E-state index in [1.807, 2.05) is 11.3 Å². The van der Waals surface area contributed by atoms with E-state index in [9.17, 15) is 0 Å². The molecule has 0 radical (unpaired) electrons. The van der Waals surface area contributed by atoms with Gasteiger partial charge in [0.1, 0.15) is 0 Å². The molecule has 14 rings (SSSR count). The van der Waals surface area contributed by atoms with Crippen molar-refractivity contribution in [2.45, 2.75) is 98.3 Å². The molecule has 11 aromatic carbocycles. The zero-order valence-electron chi connectivity index (χ0n) is 49.2. The maximum Gasteiger partial charge on any atom is 0.264 e. The highest BCUT2D eigenvalue weighted by atomic mass is 32.1. The molecule has 0 N–H and O–H groups in total. The fourth-order valence-corrected chi connectivity index (χ4v) is 14.5. The summed E-state index contributed by atoms with van der Waals surface area (Å²) in [6.45, 7) is 25.6. The number of hydrogen-bond donors (Lipinski definition) is 0. The molecule has 0 atom stereocenters. The molecule has 12 aromatic rings. The second-order valence-electron chi connectivity index (χ2n) is 26.4. The Morgan fingerprint density at radius 2 is 0.915 bits per heavy atom. The van der Waals surface area contributed by atoms with Crippen LogP contribution in [0.1, 0.15) is 104 Å². The molecule has 2 aliphatic rings. The summed E-state index contributed by atoms with van der Waals surface area (Å²) in [5.74, 6) is 0.329. The van der Waals surface area contributed by atoms with Crippen molar-refractivity contribution in [1.29, 1.82) is 0 Å². The molecular formula is C77H70BN3S. The van der Waals surface area contributed by atoms with Gasteiger partial charge in [0.15, 0.2) is 0 Å². The Labute approximate surface area is 489 Å². The molecular weight excluding hydrogens is 1010 g/mol. The van der Waals surface area contributed by atoms with Crippen molar-refractivity contribution in [3.8, 4) is 11.1 Å². The van der Waals surface area contributed by atoms with Crippen LogP contribution in [0.3, 0.4) is 0 Å². The highest BCUT2D eigenvalue weighted by molar-refractivity contribution is 7.33. The Hall–Kier alpha value is -8.38. The Bertz CT molecular complexity index is 4420. The number of fused-ring (bicyclic) bond motifs is 12. The van der Waals surface area contributed by atoms with E-state index in [-0.39, 0.29) is 23.0 Å². The molecule has 0 unspecified atom stereocenters. The first kappa shape index (κ1) is 51.8. The fraction of sp³-hybridized carbons (Fsp3) is 0.195. The highest BCUT2D eigenvalue weighted by Gasteiger charge is 2.47. The topological polar surface area (TPSA) is 9.72 Å². The SMILES string of the molecule is CC(C)c1ccc2c(c1)B1c3sc4ccc(C(C)(C)C)cc4c3N(c3ccc(C(C)(C)C)cc3)c3cc(N(c4ccccc4)c4ccccc4)cc(c31)N2c1ccc(C(C)(C)C)cc1-c1ccc2c3ccccc3c3ccccc3c2c1. The zero-order valence-corrected chi connectivity index (χ0v) is 50.0. The van der Waals surface area contributed by atoms with E-state index in [1.54, 1.807) is 0 Å². The highest BCUT2D eigenvalue weighted by Crippen LogP contribution is 2.53. The van der Waals surface area contributed by atoms with Crippen LogP contribution in [0.5, 0.6) is 0 Å². The van der Waals surface area contributed by atoms with E-state index in [4.69, 9.17) is 0 Å². The van der Waals surface area contributed by atoms with Crippen LogP contribution in [-0.2, 0) is 16.2 Å². The molecule has 82 heavy (non-hydrogen) atoms. The fourth-order valence-electron chi connectivity index (χ4n) is 13.2. The van der Waals surface area contributed by atoms with Gasteiger partial charge in [0.25, 0.3) is 6.71 Å². The largest absolute Gasteiger partial charge is 0.311 e. The molecule has 0 saturated carbocycles. The molecule has 3 nitrogen and oxygen atoms in total. The summed E-state index contributed by atoms with van der Waals surface area (Å²) < 4.78 is 2.68. The maximum absolute atomic E-state index is 2.66. The van der Waals surface area contributed by atoms with Crippen molar-refractivity contribution in [2.24, 2.45) is 0 Å². The summed E-state index contributed by atoms with van der Waals surface area (Å²) in [6, 6.07) is 83.6. The van der Waals surface area contributed by atoms with E-state index >= 15 is 0 Å². The predicted molar refractivity (Wildman–Crippen MR) is 359 cm³/mol. The molecule has 2 aliphatic heterocycles. The van der Waals surface area contributed by atoms with Gasteiger partial charge in [-0.05, 0) is 178 Å². The van der Waals surface area contributed by atoms with Crippen LogP contribution in [0, 0.1) is 0 Å². The Morgan fingerprint density at radius 3 is 1.50 bits per heavy atom. The van der Waals surface area contributed by atoms with Crippen LogP contribution in [0.15, 0.2) is 218 Å². The van der Waals surface area contributed by atoms with Crippen LogP contribution >= 0.6 is 11.3 Å². The molecule has 3 heterocycles. The van der Waals surface area contributed by atoms with Gasteiger partial charge in [0.2, 0.25) is 0 Å². The van der Waals surface area contributed by atoms with Crippen molar-refractivity contribution < 1.29 is 0 Å². The summed E-state index contributed by atoms with van der Waals surface area (Å²) in [5.41, 5.74) is 20.6. The second-order valence-corrected chi connectivity index (χ2v) is 27.5. The number of para-hydroxylation sites is 2. The first-order chi connectivity index (χ1) is 39.4. The van der Waals surface area contributed by atoms with E-state index < -0.39 is 0 Å². The lowest BCUT2D eigenvalue weighted by molar-refractivity contribution is 0.590. The maximum atomic E-state index is 2.66. The lowest BCUT2D eigenvalue weighted by atomic mass is 9.36. The van der Waals surface area contributed by atoms with E-state index in [0.717, 1.165) is 28.4 Å². The Balaban J connectivity index is 1.13. The van der Waals surface area contributed by atoms with E-state index in [2.05, 4.69) is 309 Å². The Kier molecular flexibility index (Phi) is 12.1. The molecule has 0 spiro atoms. The molecule has 5 heteroatoms. The molecule has 0 aliphatic carbocycles. The van der Waals surface area contributed by atoms with Crippen LogP contribution in [0.2, 0.25) is 0 Å². The normalized spacial score (nSPS) is 13.3. The van der Waals surface area contributed by atoms with Gasteiger partial charge in [0.05, 0.1) is 17.1 Å². The van der Waals surface area contributed by atoms with Gasteiger partial charge in [-0.3, -0.25) is 0 Å². The molecule has 0 bridgehead atoms. The number of benzene rings is 11. The third-order valence-electron chi connectivity index (χ3n) is 17.6. The summed E-state index contributed by atoms with van der Waals surface area (Å²) in [6.07, 6.45) is 0. The third-order valence-corrected chi connectivity index (χ3v) is 18.9. The number of rotatable bonds is 7. The standard InChI is InChI=1S/C77H70BN3S/c1-48(2)49-31-39-68-66(43-49)78-72-69(80(56-36-32-51(33-37-56)75(3,4)5)73-65-45-53(77(9,10)11)35-41-71(65)82-74(73)78)46-57(79(54-22-14-12-15-23-54)55-24-16-13-17-25-55)47-70(72)81(68)67-40-34-52(76(6,7)8)44-63(67)50-30-38-62-60-28-19-18-26-58(60)59-27-20-21-29-61(59)64(62)42-50/h12-48H,1-11H3. The lowest BCUT2D eigenvalue weighted by Crippen LogP contribution is -2.60. The number of hydrogen-bond acceptors (Lipinski definition) is 4. The van der Waals surface area contributed by atoms with E-state index in [0.29, 0.717) is 5.92 Å². The monoisotopic (exact) mass is 1080 g/mol. The molecule has 0 saturated heterocycles. The first-order valence-corrected chi connectivity index (χ1v) is 30.2. The van der Waals surface area contributed by atoms with Crippen LogP contribution in [0.25, 0.3) is 53.5 Å². The van der Waals surface area contributed by atoms with Crippen molar-refractivity contribution in [2.75, 3.05) is 14.7 Å². The van der Waals surface area contributed by atoms with Crippen molar-refractivity contribution in [3.05, 3.63) is 241 Å². The van der Waals surface area contributed by atoms with Gasteiger partial charge in [-0.15, -0.1) is 11.3 Å². The number of anilines is 9. The lowest BCUT2D eigenvalue weighted by Gasteiger charge is -2.44. The first-order valence-electron chi connectivity index (χ1n) is 29.4. The average molecular weight is 1080 g/mol. The van der Waals surface area contributed by atoms with Crippen molar-refractivity contribution in [1.82, 2.24) is 0 Å². The van der Waals surface area contributed by atoms with Gasteiger partial charge in [-0.25, -0.2) is 0 Å². The average Bonchev–Trinajstić information content (AvgIpc) is 2.00. The van der Waals surface area contributed by atoms with E-state index in [1.165, 1.54) is 114 Å². The summed E-state index contributed by atoms with van der Waals surface area (Å²) >= 11 is 1.98. The predicted octanol–water partition coefficient (Wildman–Crippen LogP) is 20.6. The summed E-state index contributed by atoms with van der Waals surface area (Å²) in [5, 5.41) is 8.95. The molecule has 1 aromatic heterocycles. The van der Waals surface area contributed by atoms with Gasteiger partial charge < -0.3 is 14.7 Å². The van der Waals surface area contributed by atoms with Crippen LogP contribution < -0.4 is 30.4 Å². The van der Waals surface area contributed by atoms with Gasteiger partial charge in [0, 0.05) is 54.6 Å². The Morgan fingerprint density at radius 1 is 0.402 bits per heavy atom. The minimum absolute atomic E-state index is 0.0111. The molecule has 0 fully saturated rings. The minimum atomic E-state index is -0.109. The third kappa shape index (κ3) is 8.45. The molecule has 0 amide bonds. The summed E-state index contributed by atoms with van der Waals surface area (Å²) in [7, 11) is 0. The van der Waals surface area contributed by atoms with Gasteiger partial charge in [-0.2, -0.15) is 0 Å². The van der Waals surface area contributed by atoms with Gasteiger partial charge in [-0.1, -0.05) is 210 Å². The quantitative estimate of drug-likeness (QED) is 0.116. The van der Waals surface area contributed by atoms with Gasteiger partial charge >= 0.3 is 0 Å². The second kappa shape index (κ2) is 19.1. The zero-order chi connectivity index (χ0) is 56.6. The summed E-state index contributed by atoms with van der Waals surface area (Å²) in [4.78, 5) is 7.77. The smallest absolute Gasteiger partial charge is 0.264 e. The number of nitrogens with zero attached hydrogens (tertiary/aromatic N) is 3. The molecule has 402 valence electrons. The van der Waals surface area contributed by atoms with Crippen LogP contribution in [-0.4, -0.2) is 6.71 Å². The minimum Gasteiger partial charge on any atom is -0.311 e. The van der Waals surface area contributed by atoms with Crippen molar-refractivity contribution >= 4 is 127 Å².